The zero-order chi connectivity index (χ0) is 16.8. The lowest BCUT2D eigenvalue weighted by Gasteiger charge is -2.16. The first-order chi connectivity index (χ1) is 11.0. The van der Waals surface area contributed by atoms with E-state index in [1.165, 1.54) is 0 Å². The van der Waals surface area contributed by atoms with Gasteiger partial charge in [-0.15, -0.1) is 11.3 Å². The summed E-state index contributed by atoms with van der Waals surface area (Å²) in [6.45, 7) is 3.96. The molecule has 0 aliphatic carbocycles. The van der Waals surface area contributed by atoms with Gasteiger partial charge in [0.05, 0.1) is 22.7 Å². The van der Waals surface area contributed by atoms with Crippen molar-refractivity contribution in [3.63, 3.8) is 0 Å². The number of hydrogen-bond acceptors (Lipinski definition) is 5. The molecule has 6 heteroatoms. The third-order valence-electron chi connectivity index (χ3n) is 3.58. The molecule has 0 saturated carbocycles. The molecule has 2 atom stereocenters. The number of nitrogens with one attached hydrogen (secondary N) is 1. The summed E-state index contributed by atoms with van der Waals surface area (Å²) in [7, 11) is 0. The normalized spacial score (nSPS) is 13.6. The summed E-state index contributed by atoms with van der Waals surface area (Å²) < 4.78 is 0. The summed E-state index contributed by atoms with van der Waals surface area (Å²) >= 11 is 3.32. The van der Waals surface area contributed by atoms with Crippen molar-refractivity contribution in [2.45, 2.75) is 32.4 Å². The van der Waals surface area contributed by atoms with Crippen LogP contribution < -0.4 is 11.1 Å². The Morgan fingerprint density at radius 3 is 2.74 bits per heavy atom. The fourth-order valence-electron chi connectivity index (χ4n) is 2.28. The Kier molecular flexibility index (Phi) is 6.62. The van der Waals surface area contributed by atoms with Gasteiger partial charge in [0.1, 0.15) is 5.01 Å². The number of aryl methyl sites for hydroxylation is 1. The van der Waals surface area contributed by atoms with Gasteiger partial charge < -0.3 is 11.1 Å². The summed E-state index contributed by atoms with van der Waals surface area (Å²) in [4.78, 5) is 17.9. The first-order valence-electron chi connectivity index (χ1n) is 7.60. The highest BCUT2D eigenvalue weighted by Gasteiger charge is 2.20. The average Bonchev–Trinajstić information content (AvgIpc) is 2.95. The maximum absolute atomic E-state index is 12.2. The molecule has 1 heterocycles. The van der Waals surface area contributed by atoms with Gasteiger partial charge in [0.25, 0.3) is 0 Å². The molecule has 0 saturated heterocycles. The quantitative estimate of drug-likeness (QED) is 0.804. The van der Waals surface area contributed by atoms with Gasteiger partial charge in [0, 0.05) is 5.56 Å². The third-order valence-corrected chi connectivity index (χ3v) is 5.61. The molecule has 4 nitrogen and oxygen atoms in total. The van der Waals surface area contributed by atoms with E-state index < -0.39 is 6.04 Å². The number of rotatable bonds is 7. The number of hydrogen-bond donors (Lipinski definition) is 2. The van der Waals surface area contributed by atoms with Crippen molar-refractivity contribution in [1.29, 1.82) is 0 Å². The van der Waals surface area contributed by atoms with Gasteiger partial charge in [-0.05, 0) is 32.3 Å². The van der Waals surface area contributed by atoms with Crippen LogP contribution in [0.3, 0.4) is 0 Å². The number of aromatic nitrogens is 1. The highest BCUT2D eigenvalue weighted by atomic mass is 32.2. The number of carbonyl (C=O) groups excluding carboxylic acids is 1. The molecule has 0 aliphatic rings. The van der Waals surface area contributed by atoms with Crippen LogP contribution in [0.15, 0.2) is 30.3 Å². The van der Waals surface area contributed by atoms with Crippen LogP contribution in [0.1, 0.15) is 30.0 Å². The van der Waals surface area contributed by atoms with Crippen molar-refractivity contribution in [2.75, 3.05) is 12.0 Å². The molecule has 2 rings (SSSR count). The van der Waals surface area contributed by atoms with Crippen LogP contribution in [0.25, 0.3) is 10.6 Å². The predicted molar refractivity (Wildman–Crippen MR) is 99.8 cm³/mol. The highest BCUT2D eigenvalue weighted by molar-refractivity contribution is 7.98. The first kappa shape index (κ1) is 18.0. The Morgan fingerprint density at radius 2 is 2.09 bits per heavy atom. The van der Waals surface area contributed by atoms with Crippen molar-refractivity contribution >= 4 is 29.0 Å². The largest absolute Gasteiger partial charge is 0.347 e. The smallest absolute Gasteiger partial charge is 0.237 e. The van der Waals surface area contributed by atoms with Crippen LogP contribution in [0.2, 0.25) is 0 Å². The topological polar surface area (TPSA) is 68.0 Å². The molecular weight excluding hydrogens is 326 g/mol. The lowest BCUT2D eigenvalue weighted by atomic mass is 10.2. The number of thioether (sulfide) groups is 1. The number of benzene rings is 1. The van der Waals surface area contributed by atoms with E-state index in [9.17, 15) is 4.79 Å². The van der Waals surface area contributed by atoms with Gasteiger partial charge in [0.15, 0.2) is 0 Å². The lowest BCUT2D eigenvalue weighted by molar-refractivity contribution is -0.123. The van der Waals surface area contributed by atoms with Crippen LogP contribution in [0, 0.1) is 6.92 Å². The maximum atomic E-state index is 12.2. The fourth-order valence-corrected chi connectivity index (χ4v) is 3.84. The van der Waals surface area contributed by atoms with E-state index in [1.807, 2.05) is 50.4 Å². The molecule has 0 aliphatic heterocycles. The van der Waals surface area contributed by atoms with Crippen LogP contribution in [-0.2, 0) is 4.79 Å². The Labute approximate surface area is 145 Å². The Morgan fingerprint density at radius 1 is 1.39 bits per heavy atom. The molecule has 1 amide bonds. The molecule has 0 bridgehead atoms. The second-order valence-electron chi connectivity index (χ2n) is 5.45. The summed E-state index contributed by atoms with van der Waals surface area (Å²) in [5.74, 6) is 0.793. The summed E-state index contributed by atoms with van der Waals surface area (Å²) in [5, 5.41) is 3.99. The Hall–Kier alpha value is -1.37. The number of thiazole rings is 1. The summed E-state index contributed by atoms with van der Waals surface area (Å²) in [6, 6.07) is 9.55. The molecule has 124 valence electrons. The van der Waals surface area contributed by atoms with E-state index in [-0.39, 0.29) is 11.9 Å². The van der Waals surface area contributed by atoms with Crippen molar-refractivity contribution in [2.24, 2.45) is 5.73 Å². The molecule has 1 aromatic heterocycles. The van der Waals surface area contributed by atoms with Crippen LogP contribution in [-0.4, -0.2) is 28.9 Å². The number of nitrogens with two attached hydrogens (primary N) is 1. The van der Waals surface area contributed by atoms with E-state index in [2.05, 4.69) is 10.3 Å². The third kappa shape index (κ3) is 4.80. The maximum Gasteiger partial charge on any atom is 0.237 e. The molecule has 2 aromatic rings. The highest BCUT2D eigenvalue weighted by Crippen LogP contribution is 2.31. The molecule has 23 heavy (non-hydrogen) atoms. The zero-order valence-corrected chi connectivity index (χ0v) is 15.3. The van der Waals surface area contributed by atoms with Gasteiger partial charge in [0.2, 0.25) is 5.91 Å². The molecule has 1 aromatic carbocycles. The van der Waals surface area contributed by atoms with Crippen LogP contribution in [0.5, 0.6) is 0 Å². The van der Waals surface area contributed by atoms with Crippen LogP contribution in [0.4, 0.5) is 0 Å². The van der Waals surface area contributed by atoms with Gasteiger partial charge in [-0.3, -0.25) is 4.79 Å². The Bertz CT molecular complexity index is 643. The number of amides is 1. The zero-order valence-electron chi connectivity index (χ0n) is 13.7. The van der Waals surface area contributed by atoms with Crippen molar-refractivity contribution in [3.8, 4) is 10.6 Å². The SMILES string of the molecule is CSCC[C@H](N)C(=O)NC(C)c1sc(-c2ccccc2)nc1C. The van der Waals surface area contributed by atoms with Gasteiger partial charge in [-0.25, -0.2) is 4.98 Å². The van der Waals surface area contributed by atoms with E-state index in [0.29, 0.717) is 6.42 Å². The van der Waals surface area contributed by atoms with Crippen LogP contribution >= 0.6 is 23.1 Å². The van der Waals surface area contributed by atoms with E-state index in [0.717, 1.165) is 26.9 Å². The number of carbonyl (C=O) groups is 1. The van der Waals surface area contributed by atoms with Crippen molar-refractivity contribution < 1.29 is 4.79 Å². The second kappa shape index (κ2) is 8.47. The van der Waals surface area contributed by atoms with Gasteiger partial charge in [-0.1, -0.05) is 30.3 Å². The predicted octanol–water partition coefficient (Wildman–Crippen LogP) is 3.38. The second-order valence-corrected chi connectivity index (χ2v) is 7.47. The summed E-state index contributed by atoms with van der Waals surface area (Å²) in [6.07, 6.45) is 2.70. The molecular formula is C17H23N3OS2. The molecule has 0 fully saturated rings. The fraction of sp³-hybridized carbons (Fsp3) is 0.412. The number of nitrogens with zero attached hydrogens (tertiary/aromatic N) is 1. The minimum atomic E-state index is -0.452. The molecule has 0 spiro atoms. The van der Waals surface area contributed by atoms with Gasteiger partial charge in [-0.2, -0.15) is 11.8 Å². The monoisotopic (exact) mass is 349 g/mol. The standard InChI is InChI=1S/C17H23N3OS2/c1-11(19-16(21)14(18)9-10-22-3)15-12(2)20-17(23-15)13-7-5-4-6-8-13/h4-8,11,14H,9-10,18H2,1-3H3,(H,19,21)/t11?,14-/m0/s1. The summed E-state index contributed by atoms with van der Waals surface area (Å²) in [5.41, 5.74) is 7.98. The van der Waals surface area contributed by atoms with Gasteiger partial charge >= 0.3 is 0 Å². The van der Waals surface area contributed by atoms with E-state index in [4.69, 9.17) is 5.73 Å². The molecule has 1 unspecified atom stereocenters. The lowest BCUT2D eigenvalue weighted by Crippen LogP contribution is -2.41. The van der Waals surface area contributed by atoms with Crippen molar-refractivity contribution in [3.05, 3.63) is 40.9 Å². The Balaban J connectivity index is 2.07. The molecule has 0 radical (unpaired) electrons. The first-order valence-corrected chi connectivity index (χ1v) is 9.81. The minimum absolute atomic E-state index is 0.0854. The van der Waals surface area contributed by atoms with Crippen molar-refractivity contribution in [1.82, 2.24) is 10.3 Å². The minimum Gasteiger partial charge on any atom is -0.347 e. The van der Waals surface area contributed by atoms with E-state index >= 15 is 0 Å². The molecule has 3 N–H and O–H groups in total. The average molecular weight is 350 g/mol. The van der Waals surface area contributed by atoms with E-state index in [1.54, 1.807) is 23.1 Å².